The van der Waals surface area contributed by atoms with Crippen LogP contribution in [0.1, 0.15) is 29.3 Å². The first-order chi connectivity index (χ1) is 18.6. The summed E-state index contributed by atoms with van der Waals surface area (Å²) in [6, 6.07) is 24.0. The Balaban J connectivity index is 1.44. The highest BCUT2D eigenvalue weighted by molar-refractivity contribution is 5.96. The quantitative estimate of drug-likeness (QED) is 0.232. The number of ether oxygens (including phenoxy) is 2. The molecule has 0 spiro atoms. The summed E-state index contributed by atoms with van der Waals surface area (Å²) in [5.41, 5.74) is 6.05. The van der Waals surface area contributed by atoms with E-state index in [0.717, 1.165) is 23.4 Å². The Morgan fingerprint density at radius 3 is 2.37 bits per heavy atom. The molecule has 2 N–H and O–H groups in total. The van der Waals surface area contributed by atoms with Gasteiger partial charge in [-0.1, -0.05) is 25.1 Å². The van der Waals surface area contributed by atoms with Gasteiger partial charge >= 0.3 is 0 Å². The minimum Gasteiger partial charge on any atom is -0.497 e. The average Bonchev–Trinajstić information content (AvgIpc) is 3.39. The van der Waals surface area contributed by atoms with Gasteiger partial charge in [-0.25, -0.2) is 10.1 Å². The van der Waals surface area contributed by atoms with Gasteiger partial charge in [0.15, 0.2) is 0 Å². The molecule has 0 aliphatic heterocycles. The zero-order valence-corrected chi connectivity index (χ0v) is 21.3. The molecule has 4 aromatic rings. The second kappa shape index (κ2) is 12.9. The van der Waals surface area contributed by atoms with E-state index in [1.807, 2.05) is 60.8 Å². The van der Waals surface area contributed by atoms with Crippen LogP contribution in [0.5, 0.6) is 11.5 Å². The Morgan fingerprint density at radius 1 is 0.974 bits per heavy atom. The molecule has 9 heteroatoms. The molecule has 0 unspecified atom stereocenters. The number of nitrogens with one attached hydrogen (secondary N) is 2. The van der Waals surface area contributed by atoms with Crippen molar-refractivity contribution < 1.29 is 19.1 Å². The number of carbonyl (C=O) groups is 2. The summed E-state index contributed by atoms with van der Waals surface area (Å²) in [4.78, 5) is 24.6. The molecule has 38 heavy (non-hydrogen) atoms. The Bertz CT molecular complexity index is 1380. The van der Waals surface area contributed by atoms with E-state index in [-0.39, 0.29) is 12.5 Å². The molecule has 0 saturated carbocycles. The molecule has 1 aromatic heterocycles. The average molecular weight is 512 g/mol. The first kappa shape index (κ1) is 26.2. The maximum absolute atomic E-state index is 12.3. The lowest BCUT2D eigenvalue weighted by Gasteiger charge is -2.06. The van der Waals surface area contributed by atoms with E-state index in [1.165, 1.54) is 6.21 Å². The topological polar surface area (TPSA) is 107 Å². The zero-order chi connectivity index (χ0) is 26.7. The van der Waals surface area contributed by atoms with Crippen LogP contribution in [-0.2, 0) is 4.79 Å². The van der Waals surface area contributed by atoms with Crippen LogP contribution >= 0.6 is 0 Å². The molecule has 4 rings (SSSR count). The van der Waals surface area contributed by atoms with Crippen LogP contribution in [0.2, 0.25) is 0 Å². The van der Waals surface area contributed by atoms with E-state index in [1.54, 1.807) is 36.1 Å². The number of nitrogens with zero attached hydrogens (tertiary/aromatic N) is 3. The summed E-state index contributed by atoms with van der Waals surface area (Å²) in [5.74, 6) is 0.601. The van der Waals surface area contributed by atoms with Crippen LogP contribution in [0.3, 0.4) is 0 Å². The van der Waals surface area contributed by atoms with Crippen LogP contribution in [0.25, 0.3) is 16.9 Å². The summed E-state index contributed by atoms with van der Waals surface area (Å²) in [5, 5.41) is 11.4. The second-order valence-electron chi connectivity index (χ2n) is 8.29. The van der Waals surface area contributed by atoms with Crippen molar-refractivity contribution in [3.05, 3.63) is 96.2 Å². The minimum atomic E-state index is -0.461. The van der Waals surface area contributed by atoms with Gasteiger partial charge in [0.05, 0.1) is 32.2 Å². The van der Waals surface area contributed by atoms with Crippen molar-refractivity contribution in [1.29, 1.82) is 0 Å². The standard InChI is InChI=1S/C29H29N5O4/c1-3-17-38-26-15-9-21(10-16-26)28-23(20-34(33-28)24-7-5-4-6-8-24)18-31-32-27(35)19-30-29(36)22-11-13-25(37-2)14-12-22/h4-16,18,20H,3,17,19H2,1-2H3,(H,30,36)(H,32,35)/b31-18-. The summed E-state index contributed by atoms with van der Waals surface area (Å²) in [7, 11) is 1.55. The summed E-state index contributed by atoms with van der Waals surface area (Å²) in [6.45, 7) is 2.49. The van der Waals surface area contributed by atoms with E-state index in [4.69, 9.17) is 14.6 Å². The maximum Gasteiger partial charge on any atom is 0.259 e. The molecule has 0 radical (unpaired) electrons. The third kappa shape index (κ3) is 6.85. The predicted octanol–water partition coefficient (Wildman–Crippen LogP) is 4.22. The maximum atomic E-state index is 12.3. The van der Waals surface area contributed by atoms with Gasteiger partial charge in [-0.2, -0.15) is 10.2 Å². The molecule has 0 atom stereocenters. The van der Waals surface area contributed by atoms with Crippen molar-refractivity contribution in [1.82, 2.24) is 20.5 Å². The fraction of sp³-hybridized carbons (Fsp3) is 0.172. The Hall–Kier alpha value is -4.92. The number of para-hydroxylation sites is 1. The number of benzene rings is 3. The lowest BCUT2D eigenvalue weighted by molar-refractivity contribution is -0.120. The van der Waals surface area contributed by atoms with Gasteiger partial charge in [-0.05, 0) is 67.1 Å². The molecule has 0 aliphatic rings. The highest BCUT2D eigenvalue weighted by Gasteiger charge is 2.12. The van der Waals surface area contributed by atoms with E-state index >= 15 is 0 Å². The van der Waals surface area contributed by atoms with E-state index in [2.05, 4.69) is 22.8 Å². The third-order valence-corrected chi connectivity index (χ3v) is 5.52. The van der Waals surface area contributed by atoms with Crippen molar-refractivity contribution in [2.24, 2.45) is 5.10 Å². The first-order valence-corrected chi connectivity index (χ1v) is 12.2. The van der Waals surface area contributed by atoms with Crippen LogP contribution in [0.4, 0.5) is 0 Å². The van der Waals surface area contributed by atoms with Crippen molar-refractivity contribution in [3.63, 3.8) is 0 Å². The number of hydrogen-bond acceptors (Lipinski definition) is 6. The van der Waals surface area contributed by atoms with Crippen LogP contribution in [-0.4, -0.2) is 48.1 Å². The van der Waals surface area contributed by atoms with Crippen molar-refractivity contribution in [3.8, 4) is 28.4 Å². The Kier molecular flexibility index (Phi) is 8.85. The smallest absolute Gasteiger partial charge is 0.259 e. The minimum absolute atomic E-state index is 0.225. The van der Waals surface area contributed by atoms with E-state index in [0.29, 0.717) is 29.2 Å². The number of amides is 2. The van der Waals surface area contributed by atoms with Crippen molar-refractivity contribution in [2.45, 2.75) is 13.3 Å². The van der Waals surface area contributed by atoms with Crippen LogP contribution < -0.4 is 20.2 Å². The summed E-state index contributed by atoms with van der Waals surface area (Å²) >= 11 is 0. The van der Waals surface area contributed by atoms with Gasteiger partial charge < -0.3 is 14.8 Å². The van der Waals surface area contributed by atoms with Gasteiger partial charge in [0, 0.05) is 22.9 Å². The summed E-state index contributed by atoms with van der Waals surface area (Å²) < 4.78 is 12.5. The number of aromatic nitrogens is 2. The fourth-order valence-corrected chi connectivity index (χ4v) is 3.57. The molecule has 0 aliphatic carbocycles. The molecule has 1 heterocycles. The van der Waals surface area contributed by atoms with E-state index < -0.39 is 5.91 Å². The summed E-state index contributed by atoms with van der Waals surface area (Å²) in [6.07, 6.45) is 4.31. The third-order valence-electron chi connectivity index (χ3n) is 5.52. The largest absolute Gasteiger partial charge is 0.497 e. The predicted molar refractivity (Wildman–Crippen MR) is 146 cm³/mol. The number of methoxy groups -OCH3 is 1. The molecule has 9 nitrogen and oxygen atoms in total. The van der Waals surface area contributed by atoms with Crippen LogP contribution in [0, 0.1) is 0 Å². The van der Waals surface area contributed by atoms with Crippen LogP contribution in [0.15, 0.2) is 90.2 Å². The highest BCUT2D eigenvalue weighted by atomic mass is 16.5. The lowest BCUT2D eigenvalue weighted by Crippen LogP contribution is -2.34. The molecule has 2 amide bonds. The van der Waals surface area contributed by atoms with Crippen molar-refractivity contribution >= 4 is 18.0 Å². The van der Waals surface area contributed by atoms with Gasteiger partial charge in [-0.15, -0.1) is 0 Å². The SMILES string of the molecule is CCCOc1ccc(-c2nn(-c3ccccc3)cc2/C=N\NC(=O)CNC(=O)c2ccc(OC)cc2)cc1. The van der Waals surface area contributed by atoms with Gasteiger partial charge in [0.25, 0.3) is 11.8 Å². The molecule has 194 valence electrons. The first-order valence-electron chi connectivity index (χ1n) is 12.2. The van der Waals surface area contributed by atoms with Gasteiger partial charge in [-0.3, -0.25) is 9.59 Å². The number of carbonyl (C=O) groups excluding carboxylic acids is 2. The zero-order valence-electron chi connectivity index (χ0n) is 21.3. The molecular weight excluding hydrogens is 482 g/mol. The molecule has 0 saturated heterocycles. The van der Waals surface area contributed by atoms with Crippen molar-refractivity contribution in [2.75, 3.05) is 20.3 Å². The Morgan fingerprint density at radius 2 is 1.68 bits per heavy atom. The second-order valence-corrected chi connectivity index (χ2v) is 8.29. The molecular formula is C29H29N5O4. The normalized spacial score (nSPS) is 10.8. The van der Waals surface area contributed by atoms with E-state index in [9.17, 15) is 9.59 Å². The monoisotopic (exact) mass is 511 g/mol. The molecule has 0 bridgehead atoms. The van der Waals surface area contributed by atoms with Gasteiger partial charge in [0.2, 0.25) is 0 Å². The fourth-order valence-electron chi connectivity index (χ4n) is 3.57. The molecule has 0 fully saturated rings. The highest BCUT2D eigenvalue weighted by Crippen LogP contribution is 2.25. The Labute approximate surface area is 221 Å². The number of hydrazone groups is 1. The lowest BCUT2D eigenvalue weighted by atomic mass is 10.1. The molecule has 3 aromatic carbocycles. The number of hydrogen-bond donors (Lipinski definition) is 2. The number of rotatable bonds is 11. The van der Waals surface area contributed by atoms with Gasteiger partial charge in [0.1, 0.15) is 17.2 Å².